The van der Waals surface area contributed by atoms with Gasteiger partial charge in [-0.3, -0.25) is 0 Å². The molecule has 0 saturated heterocycles. The fourth-order valence-corrected chi connectivity index (χ4v) is 1.16. The van der Waals surface area contributed by atoms with Gasteiger partial charge in [0.1, 0.15) is 13.2 Å². The molecule has 18 heavy (non-hydrogen) atoms. The molecule has 3 nitrogen and oxygen atoms in total. The van der Waals surface area contributed by atoms with Crippen molar-refractivity contribution in [3.8, 4) is 6.07 Å². The maximum absolute atomic E-state index is 12.3. The van der Waals surface area contributed by atoms with E-state index in [0.717, 1.165) is 12.1 Å². The molecule has 0 aliphatic rings. The highest BCUT2D eigenvalue weighted by Gasteiger charge is 2.29. The van der Waals surface area contributed by atoms with Crippen molar-refractivity contribution in [1.29, 1.82) is 5.26 Å². The van der Waals surface area contributed by atoms with Gasteiger partial charge in [-0.2, -0.15) is 18.4 Å². The summed E-state index contributed by atoms with van der Waals surface area (Å²) >= 11 is 0. The molecule has 0 spiro atoms. The summed E-state index contributed by atoms with van der Waals surface area (Å²) in [5.74, 6) is 0. The molecule has 0 aliphatic carbocycles. The molecule has 0 aliphatic heterocycles. The third-order valence-electron chi connectivity index (χ3n) is 1.99. The Morgan fingerprint density at radius 3 is 2.39 bits per heavy atom. The smallest absolute Gasteiger partial charge is 0.399 e. The van der Waals surface area contributed by atoms with Gasteiger partial charge in [0.2, 0.25) is 0 Å². The van der Waals surface area contributed by atoms with E-state index in [-0.39, 0.29) is 5.57 Å². The van der Waals surface area contributed by atoms with Crippen molar-refractivity contribution in [2.24, 2.45) is 5.16 Å². The van der Waals surface area contributed by atoms with Crippen LogP contribution in [-0.2, 0) is 11.0 Å². The molecule has 1 rings (SSSR count). The monoisotopic (exact) mass is 254 g/mol. The number of oxime groups is 1. The van der Waals surface area contributed by atoms with Crippen molar-refractivity contribution >= 4 is 12.3 Å². The van der Waals surface area contributed by atoms with Crippen molar-refractivity contribution in [1.82, 2.24) is 0 Å². The number of nitrogens with zero attached hydrogens (tertiary/aromatic N) is 2. The zero-order valence-corrected chi connectivity index (χ0v) is 9.40. The Balaban J connectivity index is 2.96. The molecular formula is C12H9F3N2O. The summed E-state index contributed by atoms with van der Waals surface area (Å²) in [7, 11) is 1.32. The molecule has 0 aromatic heterocycles. The molecule has 94 valence electrons. The van der Waals surface area contributed by atoms with E-state index in [2.05, 4.69) is 9.99 Å². The fraction of sp³-hybridized carbons (Fsp3) is 0.167. The first kappa shape index (κ1) is 13.8. The van der Waals surface area contributed by atoms with Crippen molar-refractivity contribution in [3.05, 3.63) is 41.0 Å². The maximum Gasteiger partial charge on any atom is 0.416 e. The van der Waals surface area contributed by atoms with Crippen LogP contribution < -0.4 is 0 Å². The van der Waals surface area contributed by atoms with E-state index < -0.39 is 11.7 Å². The quantitative estimate of drug-likeness (QED) is 0.472. The van der Waals surface area contributed by atoms with Gasteiger partial charge in [-0.15, -0.1) is 0 Å². The van der Waals surface area contributed by atoms with Gasteiger partial charge >= 0.3 is 6.18 Å². The van der Waals surface area contributed by atoms with Gasteiger partial charge in [0.15, 0.2) is 0 Å². The highest BCUT2D eigenvalue weighted by Crippen LogP contribution is 2.29. The second-order valence-electron chi connectivity index (χ2n) is 3.25. The summed E-state index contributed by atoms with van der Waals surface area (Å²) in [6.45, 7) is 0. The van der Waals surface area contributed by atoms with Crippen LogP contribution in [-0.4, -0.2) is 13.3 Å². The number of hydrogen-bond donors (Lipinski definition) is 0. The SMILES string of the molecule is CO/N=C\C(C#N)=C\c1ccc(C(F)(F)F)cc1. The van der Waals surface area contributed by atoms with Crippen LogP contribution in [0.2, 0.25) is 0 Å². The Morgan fingerprint density at radius 1 is 1.33 bits per heavy atom. The second-order valence-corrected chi connectivity index (χ2v) is 3.25. The van der Waals surface area contributed by atoms with Crippen LogP contribution >= 0.6 is 0 Å². The van der Waals surface area contributed by atoms with Crippen LogP contribution in [0.15, 0.2) is 35.0 Å². The summed E-state index contributed by atoms with van der Waals surface area (Å²) in [5.41, 5.74) is -0.0811. The molecule has 0 fully saturated rings. The number of halogens is 3. The lowest BCUT2D eigenvalue weighted by Gasteiger charge is -2.05. The number of alkyl halides is 3. The maximum atomic E-state index is 12.3. The highest BCUT2D eigenvalue weighted by molar-refractivity contribution is 5.89. The lowest BCUT2D eigenvalue weighted by atomic mass is 10.1. The van der Waals surface area contributed by atoms with Gasteiger partial charge < -0.3 is 4.84 Å². The Kier molecular flexibility index (Phi) is 4.49. The molecule has 0 saturated carbocycles. The molecule has 1 aromatic rings. The predicted molar refractivity (Wildman–Crippen MR) is 60.5 cm³/mol. The average Bonchev–Trinajstić information content (AvgIpc) is 2.34. The first-order valence-electron chi connectivity index (χ1n) is 4.83. The minimum Gasteiger partial charge on any atom is -0.399 e. The van der Waals surface area contributed by atoms with Gasteiger partial charge in [0, 0.05) is 0 Å². The van der Waals surface area contributed by atoms with E-state index in [9.17, 15) is 13.2 Å². The number of rotatable bonds is 3. The van der Waals surface area contributed by atoms with Crippen LogP contribution in [0.25, 0.3) is 6.08 Å². The molecule has 0 amide bonds. The Bertz CT molecular complexity index is 496. The molecule has 0 radical (unpaired) electrons. The summed E-state index contributed by atoms with van der Waals surface area (Å²) < 4.78 is 36.9. The van der Waals surface area contributed by atoms with E-state index in [1.165, 1.54) is 31.5 Å². The van der Waals surface area contributed by atoms with Crippen LogP contribution in [0.3, 0.4) is 0 Å². The number of allylic oxidation sites excluding steroid dienone is 1. The standard InChI is InChI=1S/C12H9F3N2O/c1-18-17-8-10(7-16)6-9-2-4-11(5-3-9)12(13,14)15/h2-6,8H,1H3/b10-6+,17-8-. The second kappa shape index (κ2) is 5.87. The average molecular weight is 254 g/mol. The Hall–Kier alpha value is -2.29. The van der Waals surface area contributed by atoms with E-state index in [0.29, 0.717) is 5.56 Å². The van der Waals surface area contributed by atoms with Gasteiger partial charge in [0.25, 0.3) is 0 Å². The largest absolute Gasteiger partial charge is 0.416 e. The van der Waals surface area contributed by atoms with Crippen LogP contribution in [0.1, 0.15) is 11.1 Å². The number of nitriles is 1. The molecule has 0 unspecified atom stereocenters. The first-order valence-corrected chi connectivity index (χ1v) is 4.83. The zero-order chi connectivity index (χ0) is 13.6. The van der Waals surface area contributed by atoms with E-state index in [4.69, 9.17) is 5.26 Å². The molecular weight excluding hydrogens is 245 g/mol. The zero-order valence-electron chi connectivity index (χ0n) is 9.40. The molecule has 0 N–H and O–H groups in total. The molecule has 0 heterocycles. The third kappa shape index (κ3) is 3.94. The lowest BCUT2D eigenvalue weighted by molar-refractivity contribution is -0.137. The van der Waals surface area contributed by atoms with Gasteiger partial charge in [-0.05, 0) is 23.8 Å². The van der Waals surface area contributed by atoms with Crippen LogP contribution in [0.4, 0.5) is 13.2 Å². The minimum absolute atomic E-state index is 0.177. The van der Waals surface area contributed by atoms with Gasteiger partial charge in [-0.25, -0.2) is 0 Å². The summed E-state index contributed by atoms with van der Waals surface area (Å²) in [5, 5.41) is 12.2. The normalized spacial score (nSPS) is 12.5. The number of hydrogen-bond acceptors (Lipinski definition) is 3. The fourth-order valence-electron chi connectivity index (χ4n) is 1.16. The van der Waals surface area contributed by atoms with Crippen molar-refractivity contribution < 1.29 is 18.0 Å². The van der Waals surface area contributed by atoms with Crippen molar-refractivity contribution in [2.75, 3.05) is 7.11 Å². The Morgan fingerprint density at radius 2 is 1.94 bits per heavy atom. The van der Waals surface area contributed by atoms with E-state index in [1.54, 1.807) is 0 Å². The van der Waals surface area contributed by atoms with Crippen molar-refractivity contribution in [3.63, 3.8) is 0 Å². The van der Waals surface area contributed by atoms with Gasteiger partial charge in [-0.1, -0.05) is 17.3 Å². The molecule has 6 heteroatoms. The van der Waals surface area contributed by atoms with E-state index in [1.807, 2.05) is 6.07 Å². The summed E-state index contributed by atoms with van der Waals surface area (Å²) in [6.07, 6.45) is -1.78. The minimum atomic E-state index is -4.36. The summed E-state index contributed by atoms with van der Waals surface area (Å²) in [6, 6.07) is 6.30. The molecule has 1 aromatic carbocycles. The Labute approximate surface area is 102 Å². The van der Waals surface area contributed by atoms with E-state index >= 15 is 0 Å². The predicted octanol–water partition coefficient (Wildman–Crippen LogP) is 3.24. The van der Waals surface area contributed by atoms with Crippen molar-refractivity contribution in [2.45, 2.75) is 6.18 Å². The number of benzene rings is 1. The lowest BCUT2D eigenvalue weighted by Crippen LogP contribution is -2.04. The van der Waals surface area contributed by atoms with Crippen LogP contribution in [0.5, 0.6) is 0 Å². The molecule has 0 atom stereocenters. The first-order chi connectivity index (χ1) is 8.47. The van der Waals surface area contributed by atoms with Gasteiger partial charge in [0.05, 0.1) is 17.4 Å². The van der Waals surface area contributed by atoms with Crippen LogP contribution in [0, 0.1) is 11.3 Å². The third-order valence-corrected chi connectivity index (χ3v) is 1.99. The summed E-state index contributed by atoms with van der Waals surface area (Å²) in [4.78, 5) is 4.40. The topological polar surface area (TPSA) is 45.4 Å². The molecule has 0 bridgehead atoms. The highest BCUT2D eigenvalue weighted by atomic mass is 19.4.